The summed E-state index contributed by atoms with van der Waals surface area (Å²) in [7, 11) is 2.05. The highest BCUT2D eigenvalue weighted by Gasteiger charge is 2.25. The number of amides is 2. The van der Waals surface area contributed by atoms with E-state index in [1.165, 1.54) is 11.1 Å². The van der Waals surface area contributed by atoms with Crippen molar-refractivity contribution < 1.29 is 9.32 Å². The molecule has 0 saturated carbocycles. The third-order valence-corrected chi connectivity index (χ3v) is 5.10. The van der Waals surface area contributed by atoms with Crippen molar-refractivity contribution in [2.45, 2.75) is 25.6 Å². The number of rotatable bonds is 3. The molecule has 2 aliphatic rings. The number of urea groups is 1. The van der Waals surface area contributed by atoms with Gasteiger partial charge in [-0.05, 0) is 24.6 Å². The van der Waals surface area contributed by atoms with Crippen LogP contribution in [0.1, 0.15) is 28.9 Å². The average Bonchev–Trinajstić information content (AvgIpc) is 3.15. The van der Waals surface area contributed by atoms with Crippen LogP contribution in [0.4, 0.5) is 4.79 Å². The molecule has 2 aliphatic heterocycles. The van der Waals surface area contributed by atoms with Crippen molar-refractivity contribution in [2.24, 2.45) is 0 Å². The van der Waals surface area contributed by atoms with Crippen molar-refractivity contribution >= 4 is 6.03 Å². The van der Waals surface area contributed by atoms with E-state index in [4.69, 9.17) is 4.52 Å². The molecule has 1 fully saturated rings. The molecule has 3 heterocycles. The molecule has 0 bridgehead atoms. The van der Waals surface area contributed by atoms with Crippen LogP contribution in [0.25, 0.3) is 0 Å². The normalized spacial score (nSPS) is 20.7. The number of nitrogens with one attached hydrogen (secondary N) is 2. The van der Waals surface area contributed by atoms with E-state index in [9.17, 15) is 4.79 Å². The van der Waals surface area contributed by atoms with Gasteiger partial charge in [-0.15, -0.1) is 0 Å². The molecule has 2 amide bonds. The van der Waals surface area contributed by atoms with Crippen molar-refractivity contribution in [1.29, 1.82) is 0 Å². The minimum Gasteiger partial charge on any atom is -0.337 e. The Bertz CT molecular complexity index is 777. The molecule has 1 unspecified atom stereocenters. The minimum absolute atomic E-state index is 0.101. The number of aromatic nitrogens is 2. The number of hydrogen-bond donors (Lipinski definition) is 2. The zero-order valence-electron chi connectivity index (χ0n) is 14.9. The summed E-state index contributed by atoms with van der Waals surface area (Å²) in [5.74, 6) is 1.10. The SMILES string of the molecule is CN1CCNCC1c1noc(CNC(=O)N2CCc3ccccc3C2)n1. The first-order chi connectivity index (χ1) is 12.7. The van der Waals surface area contributed by atoms with Crippen LogP contribution in [0.3, 0.4) is 0 Å². The fourth-order valence-electron chi connectivity index (χ4n) is 3.50. The Hall–Kier alpha value is -2.45. The van der Waals surface area contributed by atoms with Crippen LogP contribution >= 0.6 is 0 Å². The van der Waals surface area contributed by atoms with Gasteiger partial charge in [-0.2, -0.15) is 4.98 Å². The average molecular weight is 356 g/mol. The summed E-state index contributed by atoms with van der Waals surface area (Å²) in [5.41, 5.74) is 2.53. The van der Waals surface area contributed by atoms with Crippen LogP contribution in [0.2, 0.25) is 0 Å². The highest BCUT2D eigenvalue weighted by molar-refractivity contribution is 5.74. The lowest BCUT2D eigenvalue weighted by Crippen LogP contribution is -2.44. The predicted octanol–water partition coefficient (Wildman–Crippen LogP) is 0.914. The lowest BCUT2D eigenvalue weighted by molar-refractivity contribution is 0.189. The maximum Gasteiger partial charge on any atom is 0.318 e. The van der Waals surface area contributed by atoms with Crippen molar-refractivity contribution in [3.05, 3.63) is 47.1 Å². The van der Waals surface area contributed by atoms with E-state index in [-0.39, 0.29) is 18.6 Å². The Morgan fingerprint density at radius 1 is 1.35 bits per heavy atom. The summed E-state index contributed by atoms with van der Waals surface area (Å²) in [6.45, 7) is 4.31. The Kier molecular flexibility index (Phi) is 4.85. The summed E-state index contributed by atoms with van der Waals surface area (Å²) >= 11 is 0. The minimum atomic E-state index is -0.101. The van der Waals surface area contributed by atoms with Gasteiger partial charge in [0.15, 0.2) is 5.82 Å². The second kappa shape index (κ2) is 7.43. The number of likely N-dealkylation sites (N-methyl/N-ethyl adjacent to an activating group) is 1. The number of piperazine rings is 1. The fourth-order valence-corrected chi connectivity index (χ4v) is 3.50. The standard InChI is InChI=1S/C18H24N6O2/c1-23-9-7-19-10-15(23)17-21-16(26-22-17)11-20-18(25)24-8-6-13-4-2-3-5-14(13)12-24/h2-5,15,19H,6-12H2,1H3,(H,20,25). The smallest absolute Gasteiger partial charge is 0.318 e. The van der Waals surface area contributed by atoms with E-state index >= 15 is 0 Å². The van der Waals surface area contributed by atoms with Crippen LogP contribution in [-0.4, -0.2) is 59.2 Å². The van der Waals surface area contributed by atoms with Gasteiger partial charge in [0.25, 0.3) is 0 Å². The predicted molar refractivity (Wildman–Crippen MR) is 95.3 cm³/mol. The molecule has 1 atom stereocenters. The molecule has 0 spiro atoms. The fraction of sp³-hybridized carbons (Fsp3) is 0.500. The molecule has 1 saturated heterocycles. The molecule has 138 valence electrons. The maximum absolute atomic E-state index is 12.4. The van der Waals surface area contributed by atoms with Crippen LogP contribution in [0.5, 0.6) is 0 Å². The summed E-state index contributed by atoms with van der Waals surface area (Å²) in [6, 6.07) is 8.26. The van der Waals surface area contributed by atoms with Crippen LogP contribution in [0.15, 0.2) is 28.8 Å². The topological polar surface area (TPSA) is 86.5 Å². The van der Waals surface area contributed by atoms with Gasteiger partial charge >= 0.3 is 6.03 Å². The number of nitrogens with zero attached hydrogens (tertiary/aromatic N) is 4. The van der Waals surface area contributed by atoms with Gasteiger partial charge < -0.3 is 20.1 Å². The first-order valence-electron chi connectivity index (χ1n) is 9.03. The molecule has 0 aliphatic carbocycles. The lowest BCUT2D eigenvalue weighted by atomic mass is 10.0. The van der Waals surface area contributed by atoms with E-state index in [1.807, 2.05) is 17.0 Å². The van der Waals surface area contributed by atoms with Crippen molar-refractivity contribution in [1.82, 2.24) is 30.6 Å². The summed E-state index contributed by atoms with van der Waals surface area (Å²) in [4.78, 5) is 20.9. The third-order valence-electron chi connectivity index (χ3n) is 5.10. The number of fused-ring (bicyclic) bond motifs is 1. The number of hydrogen-bond acceptors (Lipinski definition) is 6. The van der Waals surface area contributed by atoms with Crippen LogP contribution < -0.4 is 10.6 Å². The molecule has 8 heteroatoms. The van der Waals surface area contributed by atoms with Crippen molar-refractivity contribution in [3.63, 3.8) is 0 Å². The number of carbonyl (C=O) groups excluding carboxylic acids is 1. The summed E-state index contributed by atoms with van der Waals surface area (Å²) < 4.78 is 5.31. The third kappa shape index (κ3) is 3.56. The van der Waals surface area contributed by atoms with Gasteiger partial charge in [-0.1, -0.05) is 29.4 Å². The maximum atomic E-state index is 12.4. The van der Waals surface area contributed by atoms with Crippen molar-refractivity contribution in [2.75, 3.05) is 33.2 Å². The Balaban J connectivity index is 1.32. The monoisotopic (exact) mass is 356 g/mol. The Labute approximate surface area is 152 Å². The summed E-state index contributed by atoms with van der Waals surface area (Å²) in [5, 5.41) is 10.3. The van der Waals surface area contributed by atoms with Gasteiger partial charge in [0.05, 0.1) is 12.6 Å². The zero-order chi connectivity index (χ0) is 17.9. The highest BCUT2D eigenvalue weighted by atomic mass is 16.5. The first kappa shape index (κ1) is 17.0. The van der Waals surface area contributed by atoms with E-state index in [1.54, 1.807) is 0 Å². The largest absolute Gasteiger partial charge is 0.337 e. The number of carbonyl (C=O) groups is 1. The molecular weight excluding hydrogens is 332 g/mol. The van der Waals surface area contributed by atoms with E-state index in [0.29, 0.717) is 18.3 Å². The van der Waals surface area contributed by atoms with Gasteiger partial charge in [0.1, 0.15) is 0 Å². The first-order valence-corrected chi connectivity index (χ1v) is 9.03. The van der Waals surface area contributed by atoms with Gasteiger partial charge in [-0.25, -0.2) is 4.79 Å². The van der Waals surface area contributed by atoms with E-state index < -0.39 is 0 Å². The second-order valence-corrected chi connectivity index (χ2v) is 6.85. The second-order valence-electron chi connectivity index (χ2n) is 6.85. The summed E-state index contributed by atoms with van der Waals surface area (Å²) in [6.07, 6.45) is 0.884. The van der Waals surface area contributed by atoms with Crippen LogP contribution in [0, 0.1) is 0 Å². The van der Waals surface area contributed by atoms with Crippen molar-refractivity contribution in [3.8, 4) is 0 Å². The molecule has 0 radical (unpaired) electrons. The lowest BCUT2D eigenvalue weighted by Gasteiger charge is -2.30. The molecule has 8 nitrogen and oxygen atoms in total. The van der Waals surface area contributed by atoms with E-state index in [0.717, 1.165) is 32.6 Å². The van der Waals surface area contributed by atoms with E-state index in [2.05, 4.69) is 44.9 Å². The highest BCUT2D eigenvalue weighted by Crippen LogP contribution is 2.19. The quantitative estimate of drug-likeness (QED) is 0.850. The molecule has 2 N–H and O–H groups in total. The Morgan fingerprint density at radius 2 is 2.19 bits per heavy atom. The Morgan fingerprint density at radius 3 is 3.04 bits per heavy atom. The van der Waals surface area contributed by atoms with Gasteiger partial charge in [0.2, 0.25) is 5.89 Å². The molecule has 1 aromatic heterocycles. The van der Waals surface area contributed by atoms with Gasteiger partial charge in [0, 0.05) is 32.7 Å². The zero-order valence-corrected chi connectivity index (χ0v) is 14.9. The number of benzene rings is 1. The molecular formula is C18H24N6O2. The molecule has 1 aromatic carbocycles. The molecule has 4 rings (SSSR count). The van der Waals surface area contributed by atoms with Gasteiger partial charge in [-0.3, -0.25) is 4.90 Å². The molecule has 2 aromatic rings. The van der Waals surface area contributed by atoms with Crippen LogP contribution in [-0.2, 0) is 19.5 Å². The molecule has 26 heavy (non-hydrogen) atoms.